The van der Waals surface area contributed by atoms with Crippen molar-refractivity contribution in [3.8, 4) is 0 Å². The van der Waals surface area contributed by atoms with E-state index in [0.29, 0.717) is 12.0 Å². The number of alkyl halides is 2. The molecule has 0 spiro atoms. The average Bonchev–Trinajstić information content (AvgIpc) is 2.85. The predicted octanol–water partition coefficient (Wildman–Crippen LogP) is 3.34. The molecule has 1 aliphatic heterocycles. The molecule has 0 saturated carbocycles. The van der Waals surface area contributed by atoms with Crippen LogP contribution in [0.25, 0.3) is 0 Å². The van der Waals surface area contributed by atoms with Crippen LogP contribution in [0, 0.1) is 5.92 Å². The second-order valence-electron chi connectivity index (χ2n) is 6.22. The number of anilines is 1. The summed E-state index contributed by atoms with van der Waals surface area (Å²) in [5.74, 6) is -0.912. The van der Waals surface area contributed by atoms with Gasteiger partial charge in [0.2, 0.25) is 5.13 Å². The zero-order valence-electron chi connectivity index (χ0n) is 14.4. The first-order valence-electron chi connectivity index (χ1n) is 8.33. The molecule has 8 heteroatoms. The van der Waals surface area contributed by atoms with Gasteiger partial charge in [0.05, 0.1) is 6.10 Å². The quantitative estimate of drug-likeness (QED) is 0.827. The van der Waals surface area contributed by atoms with Gasteiger partial charge in [0.15, 0.2) is 6.23 Å². The van der Waals surface area contributed by atoms with Gasteiger partial charge < -0.3 is 10.1 Å². The number of rotatable bonds is 4. The number of carbonyl (C=O) groups excluding carboxylic acids is 1. The van der Waals surface area contributed by atoms with E-state index in [-0.39, 0.29) is 5.82 Å². The number of hydrogen-bond donors (Lipinski definition) is 1. The molecule has 0 radical (unpaired) electrons. The molecule has 2 aromatic rings. The van der Waals surface area contributed by atoms with Crippen molar-refractivity contribution in [3.05, 3.63) is 58.6 Å². The summed E-state index contributed by atoms with van der Waals surface area (Å²) in [4.78, 5) is 28.3. The van der Waals surface area contributed by atoms with E-state index in [2.05, 4.69) is 10.3 Å². The van der Waals surface area contributed by atoms with E-state index in [1.165, 1.54) is 12.3 Å². The number of carbonyl (C=O) groups is 1. The Labute approximate surface area is 155 Å². The third kappa shape index (κ3) is 3.37. The Morgan fingerprint density at radius 1 is 1.38 bits per heavy atom. The van der Waals surface area contributed by atoms with Gasteiger partial charge in [-0.05, 0) is 24.6 Å². The summed E-state index contributed by atoms with van der Waals surface area (Å²) in [5.41, 5.74) is -0.326. The Hall–Kier alpha value is -2.25. The highest BCUT2D eigenvalue weighted by atomic mass is 35.5. The molecule has 138 valence electrons. The smallest absolute Gasteiger partial charge is 0.349 e. The molecule has 3 rings (SSSR count). The molecule has 1 N–H and O–H groups in total. The van der Waals surface area contributed by atoms with Crippen molar-refractivity contribution in [2.45, 2.75) is 37.7 Å². The van der Waals surface area contributed by atoms with E-state index in [1.807, 2.05) is 6.92 Å². The number of nitrogens with zero attached hydrogens (tertiary/aromatic N) is 2. The molecule has 1 fully saturated rings. The van der Waals surface area contributed by atoms with Gasteiger partial charge in [-0.3, -0.25) is 9.36 Å². The van der Waals surface area contributed by atoms with Gasteiger partial charge >= 0.3 is 5.69 Å². The zero-order valence-corrected chi connectivity index (χ0v) is 15.1. The summed E-state index contributed by atoms with van der Waals surface area (Å²) in [6, 6.07) is 9.93. The highest BCUT2D eigenvalue weighted by Crippen LogP contribution is 2.48. The van der Waals surface area contributed by atoms with E-state index in [1.54, 1.807) is 37.3 Å². The third-order valence-corrected chi connectivity index (χ3v) is 5.09. The van der Waals surface area contributed by atoms with Gasteiger partial charge in [-0.2, -0.15) is 4.98 Å². The number of benzene rings is 1. The molecule has 1 saturated heterocycles. The van der Waals surface area contributed by atoms with Gasteiger partial charge in [-0.15, -0.1) is 0 Å². The van der Waals surface area contributed by atoms with Crippen LogP contribution in [0.5, 0.6) is 0 Å². The van der Waals surface area contributed by atoms with Crippen molar-refractivity contribution in [1.29, 1.82) is 0 Å². The molecule has 0 aliphatic carbocycles. The van der Waals surface area contributed by atoms with Crippen molar-refractivity contribution in [3.63, 3.8) is 0 Å². The van der Waals surface area contributed by atoms with E-state index < -0.39 is 35.0 Å². The molecular weight excluding hydrogens is 361 g/mol. The molecule has 1 aromatic heterocycles. The number of aromatic nitrogens is 2. The van der Waals surface area contributed by atoms with Crippen molar-refractivity contribution < 1.29 is 13.9 Å². The van der Waals surface area contributed by atoms with Crippen molar-refractivity contribution in [1.82, 2.24) is 9.55 Å². The molecule has 2 heterocycles. The fourth-order valence-corrected chi connectivity index (χ4v) is 3.28. The van der Waals surface area contributed by atoms with Crippen LogP contribution in [-0.4, -0.2) is 26.7 Å². The molecule has 26 heavy (non-hydrogen) atoms. The number of amides is 1. The number of hydrogen-bond acceptors (Lipinski definition) is 4. The number of ether oxygens (including phenoxy) is 1. The highest BCUT2D eigenvalue weighted by Gasteiger charge is 2.55. The second kappa shape index (κ2) is 7.17. The minimum absolute atomic E-state index is 0.0669. The summed E-state index contributed by atoms with van der Waals surface area (Å²) in [6.07, 6.45) is 0.223. The molecule has 1 aliphatic rings. The van der Waals surface area contributed by atoms with Gasteiger partial charge in [-0.25, -0.2) is 9.18 Å². The maximum absolute atomic E-state index is 14.9. The molecule has 1 amide bonds. The van der Waals surface area contributed by atoms with Crippen LogP contribution in [-0.2, 0) is 4.74 Å². The normalized spacial score (nSPS) is 28.1. The lowest BCUT2D eigenvalue weighted by Crippen LogP contribution is -2.37. The maximum atomic E-state index is 14.9. The largest absolute Gasteiger partial charge is 0.351 e. The highest BCUT2D eigenvalue weighted by molar-refractivity contribution is 6.23. The van der Waals surface area contributed by atoms with E-state index >= 15 is 0 Å². The SMILES string of the molecule is CC[C@H]1O[C@@H](n2ccc(NC(=O)c3ccccc3)nc2=O)[C@@](F)(Cl)[C@@H]1C. The Morgan fingerprint density at radius 3 is 2.65 bits per heavy atom. The van der Waals surface area contributed by atoms with Crippen LogP contribution < -0.4 is 11.0 Å². The maximum Gasteiger partial charge on any atom is 0.351 e. The first-order valence-corrected chi connectivity index (χ1v) is 8.71. The van der Waals surface area contributed by atoms with Crippen LogP contribution >= 0.6 is 11.6 Å². The summed E-state index contributed by atoms with van der Waals surface area (Å²) >= 11 is 6.02. The van der Waals surface area contributed by atoms with Crippen molar-refractivity contribution in [2.75, 3.05) is 5.32 Å². The fraction of sp³-hybridized carbons (Fsp3) is 0.389. The van der Waals surface area contributed by atoms with Crippen LogP contribution in [0.15, 0.2) is 47.4 Å². The lowest BCUT2D eigenvalue weighted by Gasteiger charge is -2.23. The van der Waals surface area contributed by atoms with Crippen LogP contribution in [0.3, 0.4) is 0 Å². The predicted molar refractivity (Wildman–Crippen MR) is 95.9 cm³/mol. The minimum Gasteiger partial charge on any atom is -0.349 e. The monoisotopic (exact) mass is 379 g/mol. The number of nitrogens with one attached hydrogen (secondary N) is 1. The fourth-order valence-electron chi connectivity index (χ4n) is 2.99. The van der Waals surface area contributed by atoms with E-state index in [9.17, 15) is 14.0 Å². The van der Waals surface area contributed by atoms with Crippen LogP contribution in [0.1, 0.15) is 36.9 Å². The van der Waals surface area contributed by atoms with E-state index in [0.717, 1.165) is 4.57 Å². The lowest BCUT2D eigenvalue weighted by atomic mass is 9.99. The van der Waals surface area contributed by atoms with Crippen LogP contribution in [0.4, 0.5) is 10.2 Å². The van der Waals surface area contributed by atoms with Crippen molar-refractivity contribution in [2.24, 2.45) is 5.92 Å². The molecule has 1 aromatic carbocycles. The summed E-state index contributed by atoms with van der Waals surface area (Å²) in [6.45, 7) is 3.51. The van der Waals surface area contributed by atoms with Crippen molar-refractivity contribution >= 4 is 23.3 Å². The first kappa shape index (κ1) is 18.5. The first-order chi connectivity index (χ1) is 12.3. The molecular formula is C18H19ClFN3O3. The second-order valence-corrected chi connectivity index (χ2v) is 6.80. The molecule has 0 unspecified atom stereocenters. The third-order valence-electron chi connectivity index (χ3n) is 4.56. The van der Waals surface area contributed by atoms with Gasteiger partial charge in [-0.1, -0.05) is 43.6 Å². The van der Waals surface area contributed by atoms with E-state index in [4.69, 9.17) is 16.3 Å². The topological polar surface area (TPSA) is 73.2 Å². The Balaban J connectivity index is 1.82. The summed E-state index contributed by atoms with van der Waals surface area (Å²) < 4.78 is 21.5. The summed E-state index contributed by atoms with van der Waals surface area (Å²) in [7, 11) is 0. The minimum atomic E-state index is -2.22. The Morgan fingerprint density at radius 2 is 2.08 bits per heavy atom. The average molecular weight is 380 g/mol. The summed E-state index contributed by atoms with van der Waals surface area (Å²) in [5, 5.41) is 0.314. The van der Waals surface area contributed by atoms with Gasteiger partial charge in [0.25, 0.3) is 5.91 Å². The standard InChI is InChI=1S/C18H19ClFN3O3/c1-3-13-11(2)18(19,20)16(26-13)23-10-9-14(22-17(23)25)21-15(24)12-7-5-4-6-8-12/h4-11,13,16H,3H2,1-2H3,(H,21,22,24,25)/t11-,13-,16-,18-/m1/s1. The Bertz CT molecular complexity index is 856. The Kier molecular flexibility index (Phi) is 5.11. The molecule has 0 bridgehead atoms. The van der Waals surface area contributed by atoms with Gasteiger partial charge in [0, 0.05) is 17.7 Å². The number of halogens is 2. The zero-order chi connectivity index (χ0) is 18.9. The molecule has 4 atom stereocenters. The van der Waals surface area contributed by atoms with Gasteiger partial charge in [0.1, 0.15) is 5.82 Å². The van der Waals surface area contributed by atoms with Crippen LogP contribution in [0.2, 0.25) is 0 Å². The lowest BCUT2D eigenvalue weighted by molar-refractivity contribution is -0.0321. The molecule has 6 nitrogen and oxygen atoms in total.